The fourth-order valence-corrected chi connectivity index (χ4v) is 5.87. The van der Waals surface area contributed by atoms with Crippen LogP contribution in [0, 0.1) is 11.8 Å². The van der Waals surface area contributed by atoms with Crippen LogP contribution in [0.3, 0.4) is 0 Å². The number of carbonyl (C=O) groups excluding carboxylic acids is 3. The predicted molar refractivity (Wildman–Crippen MR) is 94.9 cm³/mol. The Morgan fingerprint density at radius 3 is 2.36 bits per heavy atom. The molecule has 6 heteroatoms. The second-order valence-corrected chi connectivity index (χ2v) is 8.20. The molecule has 25 heavy (non-hydrogen) atoms. The molecule has 2 amide bonds. The van der Waals surface area contributed by atoms with E-state index in [1.165, 1.54) is 16.2 Å². The zero-order chi connectivity index (χ0) is 17.6. The maximum atomic E-state index is 13.0. The Labute approximate surface area is 151 Å². The van der Waals surface area contributed by atoms with Crippen LogP contribution in [0.5, 0.6) is 0 Å². The summed E-state index contributed by atoms with van der Waals surface area (Å²) in [7, 11) is 0. The van der Waals surface area contributed by atoms with Crippen molar-refractivity contribution in [2.75, 3.05) is 11.5 Å². The van der Waals surface area contributed by atoms with E-state index >= 15 is 0 Å². The zero-order valence-electron chi connectivity index (χ0n) is 14.5. The normalized spacial score (nSPS) is 25.7. The van der Waals surface area contributed by atoms with E-state index in [0.717, 1.165) is 61.8 Å². The molecule has 3 aliphatic rings. The van der Waals surface area contributed by atoms with Gasteiger partial charge in [0.15, 0.2) is 0 Å². The van der Waals surface area contributed by atoms with Gasteiger partial charge in [-0.2, -0.15) is 0 Å². The van der Waals surface area contributed by atoms with E-state index in [-0.39, 0.29) is 30.3 Å². The van der Waals surface area contributed by atoms with Crippen molar-refractivity contribution in [2.45, 2.75) is 58.3 Å². The van der Waals surface area contributed by atoms with Crippen LogP contribution in [-0.4, -0.2) is 24.4 Å². The summed E-state index contributed by atoms with van der Waals surface area (Å²) in [6.45, 7) is 2.06. The molecule has 5 nitrogen and oxygen atoms in total. The highest BCUT2D eigenvalue weighted by Gasteiger charge is 2.50. The number of carbonyl (C=O) groups is 3. The third kappa shape index (κ3) is 2.62. The van der Waals surface area contributed by atoms with Gasteiger partial charge in [-0.05, 0) is 51.0 Å². The standard InChI is InChI=1S/C19H23NO4S/c1-2-24-19(23)15-13-9-5-6-10-14(13)25-18(15)20-16(21)11-7-3-4-8-12(11)17(20)22/h11-12H,2-10H2,1H3/t11-,12-/m0/s1. The molecule has 134 valence electrons. The van der Waals surface area contributed by atoms with Gasteiger partial charge in [0.2, 0.25) is 11.8 Å². The van der Waals surface area contributed by atoms with Gasteiger partial charge in [0.25, 0.3) is 0 Å². The number of rotatable bonds is 3. The first-order chi connectivity index (χ1) is 12.1. The molecule has 2 aliphatic carbocycles. The summed E-state index contributed by atoms with van der Waals surface area (Å²) in [6.07, 6.45) is 7.42. The van der Waals surface area contributed by atoms with Gasteiger partial charge >= 0.3 is 5.97 Å². The second kappa shape index (κ2) is 6.56. The molecule has 2 heterocycles. The van der Waals surface area contributed by atoms with E-state index < -0.39 is 5.97 Å². The Morgan fingerprint density at radius 2 is 1.72 bits per heavy atom. The topological polar surface area (TPSA) is 63.7 Å². The van der Waals surface area contributed by atoms with Gasteiger partial charge in [0.05, 0.1) is 24.0 Å². The number of anilines is 1. The van der Waals surface area contributed by atoms with Crippen molar-refractivity contribution in [3.63, 3.8) is 0 Å². The van der Waals surface area contributed by atoms with Crippen LogP contribution >= 0.6 is 11.3 Å². The molecule has 0 spiro atoms. The van der Waals surface area contributed by atoms with E-state index in [2.05, 4.69) is 0 Å². The van der Waals surface area contributed by atoms with Crippen molar-refractivity contribution in [1.82, 2.24) is 0 Å². The maximum Gasteiger partial charge on any atom is 0.341 e. The minimum Gasteiger partial charge on any atom is -0.462 e. The van der Waals surface area contributed by atoms with E-state index in [1.807, 2.05) is 0 Å². The van der Waals surface area contributed by atoms with Gasteiger partial charge in [-0.3, -0.25) is 9.59 Å². The zero-order valence-corrected chi connectivity index (χ0v) is 15.3. The summed E-state index contributed by atoms with van der Waals surface area (Å²) < 4.78 is 5.26. The Hall–Kier alpha value is -1.69. The average molecular weight is 361 g/mol. The number of esters is 1. The predicted octanol–water partition coefficient (Wildman–Crippen LogP) is 3.48. The first-order valence-corrected chi connectivity index (χ1v) is 10.1. The van der Waals surface area contributed by atoms with Crippen molar-refractivity contribution in [3.05, 3.63) is 16.0 Å². The summed E-state index contributed by atoms with van der Waals surface area (Å²) in [5.74, 6) is -1.02. The lowest BCUT2D eigenvalue weighted by atomic mass is 9.81. The number of hydrogen-bond donors (Lipinski definition) is 0. The molecule has 1 aliphatic heterocycles. The molecule has 2 fully saturated rings. The summed E-state index contributed by atoms with van der Waals surface area (Å²) in [5, 5.41) is 0.523. The van der Waals surface area contributed by atoms with E-state index in [4.69, 9.17) is 4.74 Å². The van der Waals surface area contributed by atoms with Crippen molar-refractivity contribution < 1.29 is 19.1 Å². The number of ether oxygens (including phenoxy) is 1. The van der Waals surface area contributed by atoms with Crippen LogP contribution in [0.2, 0.25) is 0 Å². The highest BCUT2D eigenvalue weighted by atomic mass is 32.1. The first kappa shape index (κ1) is 16.8. The van der Waals surface area contributed by atoms with E-state index in [1.54, 1.807) is 6.92 Å². The molecule has 0 unspecified atom stereocenters. The molecule has 0 bridgehead atoms. The first-order valence-electron chi connectivity index (χ1n) is 9.33. The fourth-order valence-electron chi connectivity index (χ4n) is 4.49. The second-order valence-electron chi connectivity index (χ2n) is 7.12. The minimum absolute atomic E-state index is 0.112. The Bertz CT molecular complexity index is 714. The molecular formula is C19H23NO4S. The van der Waals surface area contributed by atoms with Crippen molar-refractivity contribution in [3.8, 4) is 0 Å². The highest BCUT2D eigenvalue weighted by molar-refractivity contribution is 7.17. The molecule has 1 aromatic rings. The van der Waals surface area contributed by atoms with Gasteiger partial charge in [-0.25, -0.2) is 9.69 Å². The van der Waals surface area contributed by atoms with Gasteiger partial charge in [-0.1, -0.05) is 12.8 Å². The summed E-state index contributed by atoms with van der Waals surface area (Å²) in [5.41, 5.74) is 1.47. The quantitative estimate of drug-likeness (QED) is 0.611. The number of nitrogens with zero attached hydrogens (tertiary/aromatic N) is 1. The molecule has 1 saturated carbocycles. The Kier molecular flexibility index (Phi) is 4.40. The largest absolute Gasteiger partial charge is 0.462 e. The number of hydrogen-bond acceptors (Lipinski definition) is 5. The van der Waals surface area contributed by atoms with Crippen LogP contribution in [0.1, 0.15) is 66.2 Å². The maximum absolute atomic E-state index is 13.0. The van der Waals surface area contributed by atoms with Crippen LogP contribution in [0.25, 0.3) is 0 Å². The molecular weight excluding hydrogens is 338 g/mol. The lowest BCUT2D eigenvalue weighted by molar-refractivity contribution is -0.122. The lowest BCUT2D eigenvalue weighted by Crippen LogP contribution is -2.31. The minimum atomic E-state index is -0.396. The molecule has 1 aromatic heterocycles. The van der Waals surface area contributed by atoms with Crippen molar-refractivity contribution in [1.29, 1.82) is 0 Å². The van der Waals surface area contributed by atoms with Crippen LogP contribution in [0.15, 0.2) is 0 Å². The van der Waals surface area contributed by atoms with Crippen LogP contribution < -0.4 is 4.90 Å². The summed E-state index contributed by atoms with van der Waals surface area (Å²) in [4.78, 5) is 41.0. The third-order valence-corrected chi connectivity index (χ3v) is 6.95. The molecule has 1 saturated heterocycles. The lowest BCUT2D eigenvalue weighted by Gasteiger charge is -2.19. The number of fused-ring (bicyclic) bond motifs is 2. The average Bonchev–Trinajstić information content (AvgIpc) is 3.11. The van der Waals surface area contributed by atoms with E-state index in [9.17, 15) is 14.4 Å². The number of amides is 2. The van der Waals surface area contributed by atoms with Crippen LogP contribution in [0.4, 0.5) is 5.00 Å². The number of aryl methyl sites for hydroxylation is 1. The van der Waals surface area contributed by atoms with Gasteiger partial charge < -0.3 is 4.74 Å². The SMILES string of the molecule is CCOC(=O)c1c(N2C(=O)[C@H]3CCCC[C@@H]3C2=O)sc2c1CCCC2. The Balaban J connectivity index is 1.79. The molecule has 4 rings (SSSR count). The molecule has 0 aromatic carbocycles. The molecule has 0 N–H and O–H groups in total. The number of imide groups is 1. The highest BCUT2D eigenvalue weighted by Crippen LogP contribution is 2.46. The Morgan fingerprint density at radius 1 is 1.08 bits per heavy atom. The fraction of sp³-hybridized carbons (Fsp3) is 0.632. The third-order valence-electron chi connectivity index (χ3n) is 5.68. The van der Waals surface area contributed by atoms with Gasteiger partial charge in [-0.15, -0.1) is 11.3 Å². The molecule has 2 atom stereocenters. The van der Waals surface area contributed by atoms with E-state index in [0.29, 0.717) is 10.6 Å². The smallest absolute Gasteiger partial charge is 0.341 e. The van der Waals surface area contributed by atoms with Gasteiger partial charge in [0.1, 0.15) is 5.00 Å². The van der Waals surface area contributed by atoms with Crippen molar-refractivity contribution >= 4 is 34.1 Å². The summed E-state index contributed by atoms with van der Waals surface area (Å²) in [6, 6.07) is 0. The molecule has 0 radical (unpaired) electrons. The summed E-state index contributed by atoms with van der Waals surface area (Å²) >= 11 is 1.45. The van der Waals surface area contributed by atoms with Gasteiger partial charge in [0, 0.05) is 4.88 Å². The van der Waals surface area contributed by atoms with Crippen molar-refractivity contribution in [2.24, 2.45) is 11.8 Å². The number of thiophene rings is 1. The van der Waals surface area contributed by atoms with Crippen LogP contribution in [-0.2, 0) is 27.2 Å². The monoisotopic (exact) mass is 361 g/mol.